The molecule has 6 nitrogen and oxygen atoms in total. The summed E-state index contributed by atoms with van der Waals surface area (Å²) in [6, 6.07) is 14.0. The normalized spacial score (nSPS) is 9.96. The van der Waals surface area contributed by atoms with E-state index in [1.165, 1.54) is 0 Å². The van der Waals surface area contributed by atoms with E-state index in [9.17, 15) is 9.59 Å². The molecule has 0 saturated carbocycles. The minimum Gasteiger partial charge on any atom is -0.487 e. The smallest absolute Gasteiger partial charge is 0.338 e. The van der Waals surface area contributed by atoms with Gasteiger partial charge >= 0.3 is 5.97 Å². The van der Waals surface area contributed by atoms with Crippen molar-refractivity contribution in [1.82, 2.24) is 0 Å². The Balaban J connectivity index is 1.87. The van der Waals surface area contributed by atoms with Crippen LogP contribution in [-0.2, 0) is 9.53 Å². The zero-order valence-corrected chi connectivity index (χ0v) is 15.4. The van der Waals surface area contributed by atoms with Crippen LogP contribution in [0, 0.1) is 0 Å². The van der Waals surface area contributed by atoms with Gasteiger partial charge in [-0.25, -0.2) is 4.79 Å². The minimum absolute atomic E-state index is 0.0781. The van der Waals surface area contributed by atoms with Crippen molar-refractivity contribution in [2.24, 2.45) is 0 Å². The monoisotopic (exact) mass is 368 g/mol. The van der Waals surface area contributed by atoms with E-state index in [-0.39, 0.29) is 18.4 Å². The van der Waals surface area contributed by atoms with E-state index in [2.05, 4.69) is 17.2 Å². The summed E-state index contributed by atoms with van der Waals surface area (Å²) in [7, 11) is 0. The molecule has 0 spiro atoms. The van der Waals surface area contributed by atoms with Gasteiger partial charge in [-0.3, -0.25) is 4.79 Å². The summed E-state index contributed by atoms with van der Waals surface area (Å²) in [6.45, 7) is 6.41. The van der Waals surface area contributed by atoms with E-state index < -0.39 is 0 Å². The fourth-order valence-electron chi connectivity index (χ4n) is 2.24. The topological polar surface area (TPSA) is 76.7 Å². The number of rotatable bonds is 10. The zero-order chi connectivity index (χ0) is 19.5. The number of benzene rings is 2. The summed E-state index contributed by atoms with van der Waals surface area (Å²) >= 11 is 0. The molecule has 0 aliphatic rings. The number of hydrogen-bond donors (Lipinski definition) is 2. The molecular formula is C21H24N2O4. The molecule has 0 radical (unpaired) electrons. The number of amides is 1. The molecule has 2 N–H and O–H groups in total. The van der Waals surface area contributed by atoms with Crippen LogP contribution in [0.4, 0.5) is 11.4 Å². The number of anilines is 2. The van der Waals surface area contributed by atoms with E-state index in [1.807, 2.05) is 31.2 Å². The molecule has 0 atom stereocenters. The lowest BCUT2D eigenvalue weighted by Crippen LogP contribution is -2.22. The fourth-order valence-corrected chi connectivity index (χ4v) is 2.24. The number of para-hydroxylation sites is 2. The third kappa shape index (κ3) is 6.51. The number of ether oxygens (including phenoxy) is 2. The van der Waals surface area contributed by atoms with Gasteiger partial charge in [-0.2, -0.15) is 0 Å². The number of esters is 1. The molecule has 0 bridgehead atoms. The highest BCUT2D eigenvalue weighted by Crippen LogP contribution is 2.23. The first kappa shape index (κ1) is 20.0. The Kier molecular flexibility index (Phi) is 7.91. The molecule has 0 saturated heterocycles. The lowest BCUT2D eigenvalue weighted by molar-refractivity contribution is -0.114. The molecular weight excluding hydrogens is 344 g/mol. The summed E-state index contributed by atoms with van der Waals surface area (Å²) in [5.74, 6) is 0.0718. The average molecular weight is 368 g/mol. The summed E-state index contributed by atoms with van der Waals surface area (Å²) in [6.07, 6.45) is 2.43. The molecule has 2 aromatic rings. The van der Waals surface area contributed by atoms with Gasteiger partial charge in [0.25, 0.3) is 0 Å². The van der Waals surface area contributed by atoms with E-state index in [4.69, 9.17) is 9.47 Å². The van der Waals surface area contributed by atoms with Gasteiger partial charge in [-0.1, -0.05) is 31.7 Å². The van der Waals surface area contributed by atoms with Crippen molar-refractivity contribution < 1.29 is 19.1 Å². The lowest BCUT2D eigenvalue weighted by atomic mass is 10.2. The predicted molar refractivity (Wildman–Crippen MR) is 106 cm³/mol. The van der Waals surface area contributed by atoms with Crippen LogP contribution < -0.4 is 15.4 Å². The molecule has 1 amide bonds. The van der Waals surface area contributed by atoms with E-state index in [0.717, 1.165) is 12.1 Å². The summed E-state index contributed by atoms with van der Waals surface area (Å²) in [4.78, 5) is 23.9. The molecule has 0 unspecified atom stereocenters. The Bertz CT molecular complexity index is 772. The van der Waals surface area contributed by atoms with Gasteiger partial charge in [0.15, 0.2) is 0 Å². The largest absolute Gasteiger partial charge is 0.487 e. The Morgan fingerprint density at radius 3 is 2.56 bits per heavy atom. The first-order valence-corrected chi connectivity index (χ1v) is 8.77. The number of nitrogens with one attached hydrogen (secondary N) is 2. The molecule has 2 rings (SSSR count). The third-order valence-corrected chi connectivity index (χ3v) is 3.52. The highest BCUT2D eigenvalue weighted by atomic mass is 16.5. The molecule has 142 valence electrons. The van der Waals surface area contributed by atoms with Crippen LogP contribution in [0.5, 0.6) is 5.75 Å². The van der Waals surface area contributed by atoms with E-state index in [1.54, 1.807) is 30.3 Å². The Morgan fingerprint density at radius 1 is 1.11 bits per heavy atom. The molecule has 6 heteroatoms. The second-order valence-electron chi connectivity index (χ2n) is 5.71. The standard InChI is InChI=1S/C21H24N2O4/c1-3-13-26-19-8-6-5-7-18(19)22-15-20(24)23-17-11-9-16(10-12-17)21(25)27-14-4-2/h3,5-12,22H,1,4,13-15H2,2H3,(H,23,24). The van der Waals surface area contributed by atoms with Crippen molar-refractivity contribution in [2.75, 3.05) is 30.4 Å². The molecule has 0 aliphatic carbocycles. The molecule has 2 aromatic carbocycles. The van der Waals surface area contributed by atoms with Gasteiger partial charge in [0, 0.05) is 5.69 Å². The maximum Gasteiger partial charge on any atom is 0.338 e. The zero-order valence-electron chi connectivity index (χ0n) is 15.4. The van der Waals surface area contributed by atoms with Crippen molar-refractivity contribution in [1.29, 1.82) is 0 Å². The molecule has 0 aliphatic heterocycles. The Hall–Kier alpha value is -3.28. The summed E-state index contributed by atoms with van der Waals surface area (Å²) in [5, 5.41) is 5.82. The van der Waals surface area contributed by atoms with Crippen molar-refractivity contribution >= 4 is 23.3 Å². The predicted octanol–water partition coefficient (Wildman–Crippen LogP) is 3.87. The molecule has 27 heavy (non-hydrogen) atoms. The highest BCUT2D eigenvalue weighted by Gasteiger charge is 2.08. The third-order valence-electron chi connectivity index (χ3n) is 3.52. The van der Waals surface area contributed by atoms with Gasteiger partial charge in [-0.15, -0.1) is 0 Å². The van der Waals surface area contributed by atoms with Gasteiger partial charge in [0.2, 0.25) is 5.91 Å². The van der Waals surface area contributed by atoms with Crippen molar-refractivity contribution in [3.63, 3.8) is 0 Å². The van der Waals surface area contributed by atoms with E-state index >= 15 is 0 Å². The number of carbonyl (C=O) groups excluding carboxylic acids is 2. The average Bonchev–Trinajstić information content (AvgIpc) is 2.70. The molecule has 0 heterocycles. The quantitative estimate of drug-likeness (QED) is 0.492. The second kappa shape index (κ2) is 10.7. The molecule has 0 aromatic heterocycles. The van der Waals surface area contributed by atoms with Crippen LogP contribution in [-0.4, -0.2) is 31.6 Å². The highest BCUT2D eigenvalue weighted by molar-refractivity contribution is 5.95. The van der Waals surface area contributed by atoms with Crippen LogP contribution in [0.25, 0.3) is 0 Å². The fraction of sp³-hybridized carbons (Fsp3) is 0.238. The van der Waals surface area contributed by atoms with Crippen molar-refractivity contribution in [3.8, 4) is 5.75 Å². The van der Waals surface area contributed by atoms with Gasteiger partial charge in [-0.05, 0) is 42.8 Å². The first-order valence-electron chi connectivity index (χ1n) is 8.77. The Labute approximate surface area is 159 Å². The second-order valence-corrected chi connectivity index (χ2v) is 5.71. The van der Waals surface area contributed by atoms with E-state index in [0.29, 0.717) is 30.2 Å². The van der Waals surface area contributed by atoms with Crippen molar-refractivity contribution in [2.45, 2.75) is 13.3 Å². The lowest BCUT2D eigenvalue weighted by Gasteiger charge is -2.12. The summed E-state index contributed by atoms with van der Waals surface area (Å²) in [5.41, 5.74) is 1.78. The number of hydrogen-bond acceptors (Lipinski definition) is 5. The maximum atomic E-state index is 12.1. The van der Waals surface area contributed by atoms with Crippen LogP contribution in [0.2, 0.25) is 0 Å². The SMILES string of the molecule is C=CCOc1ccccc1NCC(=O)Nc1ccc(C(=O)OCCC)cc1. The van der Waals surface area contributed by atoms with Gasteiger partial charge in [0.1, 0.15) is 12.4 Å². The van der Waals surface area contributed by atoms with Crippen LogP contribution >= 0.6 is 0 Å². The van der Waals surface area contributed by atoms with Crippen LogP contribution in [0.1, 0.15) is 23.7 Å². The van der Waals surface area contributed by atoms with Crippen LogP contribution in [0.15, 0.2) is 61.2 Å². The first-order chi connectivity index (χ1) is 13.1. The maximum absolute atomic E-state index is 12.1. The summed E-state index contributed by atoms with van der Waals surface area (Å²) < 4.78 is 10.6. The molecule has 0 fully saturated rings. The van der Waals surface area contributed by atoms with Crippen molar-refractivity contribution in [3.05, 3.63) is 66.7 Å². The van der Waals surface area contributed by atoms with Crippen LogP contribution in [0.3, 0.4) is 0 Å². The minimum atomic E-state index is -0.368. The van der Waals surface area contributed by atoms with Gasteiger partial charge in [0.05, 0.1) is 24.4 Å². The number of carbonyl (C=O) groups is 2. The Morgan fingerprint density at radius 2 is 1.85 bits per heavy atom. The van der Waals surface area contributed by atoms with Gasteiger partial charge < -0.3 is 20.1 Å².